The molecule has 0 N–H and O–H groups in total. The minimum Gasteiger partial charge on any atom is -0.462 e. The first-order valence-corrected chi connectivity index (χ1v) is 25.5. The van der Waals surface area contributed by atoms with E-state index in [-0.39, 0.29) is 31.1 Å². The normalized spacial score (nSPS) is 12.3. The number of hydrogen-bond donors (Lipinski definition) is 0. The van der Waals surface area contributed by atoms with Crippen molar-refractivity contribution in [1.82, 2.24) is 0 Å². The monoisotopic (exact) mass is 829 g/mol. The quantitative estimate of drug-likeness (QED) is 0.0263. The lowest BCUT2D eigenvalue weighted by Gasteiger charge is -2.18. The Labute approximate surface area is 365 Å². The fourth-order valence-corrected chi connectivity index (χ4v) is 7.23. The van der Waals surface area contributed by atoms with E-state index in [0.29, 0.717) is 19.3 Å². The average molecular weight is 829 g/mol. The van der Waals surface area contributed by atoms with Gasteiger partial charge in [0.05, 0.1) is 0 Å². The fraction of sp³-hybridized carbons (Fsp3) is 0.830. The molecular formula is C53H96O6. The second-order valence-corrected chi connectivity index (χ2v) is 17.1. The molecule has 344 valence electrons. The Morgan fingerprint density at radius 2 is 0.610 bits per heavy atom. The minimum absolute atomic E-state index is 0.0773. The summed E-state index contributed by atoms with van der Waals surface area (Å²) in [5.41, 5.74) is 0. The molecule has 0 aliphatic carbocycles. The second-order valence-electron chi connectivity index (χ2n) is 17.1. The Kier molecular flexibility index (Phi) is 46.4. The zero-order valence-electron chi connectivity index (χ0n) is 39.3. The smallest absolute Gasteiger partial charge is 0.306 e. The molecule has 0 aliphatic rings. The molecule has 59 heavy (non-hydrogen) atoms. The Bertz CT molecular complexity index is 1000. The molecule has 0 aromatic rings. The van der Waals surface area contributed by atoms with E-state index in [1.165, 1.54) is 135 Å². The topological polar surface area (TPSA) is 78.9 Å². The van der Waals surface area contributed by atoms with Crippen LogP contribution in [0, 0.1) is 0 Å². The van der Waals surface area contributed by atoms with Crippen molar-refractivity contribution in [2.45, 2.75) is 271 Å². The largest absolute Gasteiger partial charge is 0.462 e. The van der Waals surface area contributed by atoms with E-state index in [1.54, 1.807) is 0 Å². The van der Waals surface area contributed by atoms with Crippen molar-refractivity contribution in [1.29, 1.82) is 0 Å². The van der Waals surface area contributed by atoms with Gasteiger partial charge in [-0.2, -0.15) is 0 Å². The van der Waals surface area contributed by atoms with Gasteiger partial charge >= 0.3 is 17.9 Å². The van der Waals surface area contributed by atoms with Gasteiger partial charge in [-0.05, 0) is 77.0 Å². The van der Waals surface area contributed by atoms with Gasteiger partial charge in [0.15, 0.2) is 6.10 Å². The van der Waals surface area contributed by atoms with Crippen LogP contribution in [-0.4, -0.2) is 37.2 Å². The molecule has 6 heteroatoms. The molecular weight excluding hydrogens is 733 g/mol. The molecule has 0 saturated carbocycles. The first-order chi connectivity index (χ1) is 29.0. The Hall–Kier alpha value is -2.37. The van der Waals surface area contributed by atoms with Gasteiger partial charge in [-0.3, -0.25) is 14.4 Å². The summed E-state index contributed by atoms with van der Waals surface area (Å²) in [5.74, 6) is -0.892. The van der Waals surface area contributed by atoms with Crippen molar-refractivity contribution in [2.75, 3.05) is 13.2 Å². The van der Waals surface area contributed by atoms with Crippen LogP contribution in [-0.2, 0) is 28.6 Å². The first-order valence-electron chi connectivity index (χ1n) is 25.5. The van der Waals surface area contributed by atoms with Gasteiger partial charge in [0, 0.05) is 19.3 Å². The molecule has 0 amide bonds. The van der Waals surface area contributed by atoms with Gasteiger partial charge in [-0.15, -0.1) is 0 Å². The van der Waals surface area contributed by atoms with Crippen molar-refractivity contribution < 1.29 is 28.6 Å². The third kappa shape index (κ3) is 46.5. The van der Waals surface area contributed by atoms with Crippen molar-refractivity contribution in [3.8, 4) is 0 Å². The van der Waals surface area contributed by atoms with E-state index in [9.17, 15) is 14.4 Å². The van der Waals surface area contributed by atoms with Crippen LogP contribution < -0.4 is 0 Å². The maximum atomic E-state index is 12.8. The van der Waals surface area contributed by atoms with Gasteiger partial charge in [0.2, 0.25) is 0 Å². The number of rotatable bonds is 46. The lowest BCUT2D eigenvalue weighted by Crippen LogP contribution is -2.30. The van der Waals surface area contributed by atoms with Gasteiger partial charge < -0.3 is 14.2 Å². The minimum atomic E-state index is -0.777. The fourth-order valence-electron chi connectivity index (χ4n) is 7.23. The Morgan fingerprint density at radius 3 is 1.00 bits per heavy atom. The van der Waals surface area contributed by atoms with Gasteiger partial charge in [-0.25, -0.2) is 0 Å². The zero-order valence-corrected chi connectivity index (χ0v) is 39.3. The first kappa shape index (κ1) is 56.6. The Balaban J connectivity index is 4.39. The summed E-state index contributed by atoms with van der Waals surface area (Å²) in [4.78, 5) is 37.9. The molecule has 0 aliphatic heterocycles. The summed E-state index contributed by atoms with van der Waals surface area (Å²) in [5, 5.41) is 0. The number of hydrogen-bond acceptors (Lipinski definition) is 6. The molecule has 0 bridgehead atoms. The molecule has 0 fully saturated rings. The highest BCUT2D eigenvalue weighted by Gasteiger charge is 2.19. The van der Waals surface area contributed by atoms with Crippen molar-refractivity contribution in [2.24, 2.45) is 0 Å². The summed E-state index contributed by atoms with van der Waals surface area (Å²) in [6.45, 7) is 6.59. The van der Waals surface area contributed by atoms with Crippen LogP contribution in [0.3, 0.4) is 0 Å². The summed E-state index contributed by atoms with van der Waals surface area (Å²) in [6, 6.07) is 0. The summed E-state index contributed by atoms with van der Waals surface area (Å²) < 4.78 is 16.8. The SMILES string of the molecule is CCCCC/C=C/C/C=C/CCCCCCCC(=O)OC[C@@H](COC(=O)CCCCCCCCCCCCCCC)OC(=O)CCCCCCC/C=C/CCCCCC. The number of carbonyl (C=O) groups is 3. The molecule has 0 radical (unpaired) electrons. The maximum Gasteiger partial charge on any atom is 0.306 e. The van der Waals surface area contributed by atoms with E-state index in [1.807, 2.05) is 0 Å². The molecule has 6 nitrogen and oxygen atoms in total. The van der Waals surface area contributed by atoms with Crippen molar-refractivity contribution >= 4 is 17.9 Å². The summed E-state index contributed by atoms with van der Waals surface area (Å²) in [6.07, 6.45) is 55.5. The second kappa shape index (κ2) is 48.3. The van der Waals surface area contributed by atoms with Crippen LogP contribution in [0.15, 0.2) is 36.5 Å². The van der Waals surface area contributed by atoms with Crippen molar-refractivity contribution in [3.63, 3.8) is 0 Å². The van der Waals surface area contributed by atoms with Crippen LogP contribution in [0.5, 0.6) is 0 Å². The van der Waals surface area contributed by atoms with Gasteiger partial charge in [0.1, 0.15) is 13.2 Å². The molecule has 0 aromatic heterocycles. The van der Waals surface area contributed by atoms with Crippen LogP contribution >= 0.6 is 0 Å². The lowest BCUT2D eigenvalue weighted by molar-refractivity contribution is -0.167. The molecule has 0 aromatic carbocycles. The van der Waals surface area contributed by atoms with E-state index < -0.39 is 6.10 Å². The van der Waals surface area contributed by atoms with Crippen LogP contribution in [0.2, 0.25) is 0 Å². The van der Waals surface area contributed by atoms with Crippen LogP contribution in [0.25, 0.3) is 0 Å². The predicted molar refractivity (Wildman–Crippen MR) is 252 cm³/mol. The molecule has 1 atom stereocenters. The summed E-state index contributed by atoms with van der Waals surface area (Å²) >= 11 is 0. The van der Waals surface area contributed by atoms with Gasteiger partial charge in [0.25, 0.3) is 0 Å². The van der Waals surface area contributed by atoms with Crippen LogP contribution in [0.4, 0.5) is 0 Å². The van der Waals surface area contributed by atoms with E-state index >= 15 is 0 Å². The van der Waals surface area contributed by atoms with E-state index in [4.69, 9.17) is 14.2 Å². The molecule has 0 unspecified atom stereocenters. The Morgan fingerprint density at radius 1 is 0.339 bits per heavy atom. The van der Waals surface area contributed by atoms with E-state index in [2.05, 4.69) is 57.2 Å². The molecule has 0 rings (SSSR count). The standard InChI is InChI=1S/C53H96O6/c1-4-7-10-13-16-19-22-25-26-29-31-34-37-40-43-46-52(55)58-49-50(59-53(56)47-44-41-38-35-32-28-24-21-18-15-12-9-6-3)48-57-51(54)45-42-39-36-33-30-27-23-20-17-14-11-8-5-2/h16,19,21,24-26,50H,4-15,17-18,20,22-23,27-49H2,1-3H3/b19-16+,24-21+,26-25+/t50-/m1/s1. The third-order valence-electron chi connectivity index (χ3n) is 11.1. The molecule has 0 spiro atoms. The third-order valence-corrected chi connectivity index (χ3v) is 11.1. The molecule has 0 heterocycles. The number of ether oxygens (including phenoxy) is 3. The van der Waals surface area contributed by atoms with E-state index in [0.717, 1.165) is 89.9 Å². The van der Waals surface area contributed by atoms with Crippen molar-refractivity contribution in [3.05, 3.63) is 36.5 Å². The summed E-state index contributed by atoms with van der Waals surface area (Å²) in [7, 11) is 0. The highest BCUT2D eigenvalue weighted by molar-refractivity contribution is 5.71. The number of unbranched alkanes of at least 4 members (excludes halogenated alkanes) is 29. The van der Waals surface area contributed by atoms with Gasteiger partial charge in [-0.1, -0.05) is 205 Å². The number of esters is 3. The molecule has 0 saturated heterocycles. The highest BCUT2D eigenvalue weighted by Crippen LogP contribution is 2.15. The van der Waals surface area contributed by atoms with Crippen LogP contribution in [0.1, 0.15) is 265 Å². The average Bonchev–Trinajstić information content (AvgIpc) is 3.23. The number of carbonyl (C=O) groups excluding carboxylic acids is 3. The predicted octanol–water partition coefficient (Wildman–Crippen LogP) is 16.5. The highest BCUT2D eigenvalue weighted by atomic mass is 16.6. The lowest BCUT2D eigenvalue weighted by atomic mass is 10.0. The number of allylic oxidation sites excluding steroid dienone is 6. The zero-order chi connectivity index (χ0) is 43.0. The maximum absolute atomic E-state index is 12.8.